The van der Waals surface area contributed by atoms with Crippen molar-refractivity contribution < 1.29 is 42.5 Å². The van der Waals surface area contributed by atoms with Gasteiger partial charge in [0, 0.05) is 0 Å². The van der Waals surface area contributed by atoms with Crippen LogP contribution in [0.4, 0.5) is 0 Å². The Bertz CT molecular complexity index is 639. The number of aliphatic carboxylic acids is 2. The predicted molar refractivity (Wildman–Crippen MR) is 62.0 cm³/mol. The highest BCUT2D eigenvalue weighted by atomic mass is 32.2. The Morgan fingerprint density at radius 2 is 1.75 bits per heavy atom. The van der Waals surface area contributed by atoms with E-state index in [0.717, 1.165) is 12.1 Å². The van der Waals surface area contributed by atoms with Crippen LogP contribution in [-0.2, 0) is 25.2 Å². The fourth-order valence-corrected chi connectivity index (χ4v) is 2.85. The average molecular weight is 306 g/mol. The molecule has 3 N–H and O–H groups in total. The third kappa shape index (κ3) is 3.82. The van der Waals surface area contributed by atoms with E-state index < -0.39 is 50.9 Å². The number of furan rings is 1. The normalized spacial score (nSPS) is 12.8. The van der Waals surface area contributed by atoms with Gasteiger partial charge in [0.15, 0.2) is 15.1 Å². The van der Waals surface area contributed by atoms with Crippen molar-refractivity contribution in [3.8, 4) is 0 Å². The summed E-state index contributed by atoms with van der Waals surface area (Å²) in [7, 11) is -4.35. The van der Waals surface area contributed by atoms with Gasteiger partial charge in [0.05, 0.1) is 6.42 Å². The summed E-state index contributed by atoms with van der Waals surface area (Å²) in [5.74, 6) is -6.46. The summed E-state index contributed by atoms with van der Waals surface area (Å²) in [6.07, 6.45) is -1.09. The second-order valence-electron chi connectivity index (χ2n) is 3.80. The maximum absolute atomic E-state index is 11.8. The zero-order valence-electron chi connectivity index (χ0n) is 9.85. The Kier molecular flexibility index (Phi) is 4.50. The van der Waals surface area contributed by atoms with Crippen LogP contribution in [0.2, 0.25) is 0 Å². The molecule has 0 aliphatic carbocycles. The van der Waals surface area contributed by atoms with E-state index in [1.807, 2.05) is 0 Å². The Morgan fingerprint density at radius 1 is 1.15 bits per heavy atom. The van der Waals surface area contributed by atoms with Crippen molar-refractivity contribution in [3.63, 3.8) is 0 Å². The van der Waals surface area contributed by atoms with Crippen molar-refractivity contribution in [1.29, 1.82) is 0 Å². The van der Waals surface area contributed by atoms with Crippen molar-refractivity contribution in [2.75, 3.05) is 0 Å². The van der Waals surface area contributed by atoms with E-state index in [4.69, 9.17) is 19.7 Å². The summed E-state index contributed by atoms with van der Waals surface area (Å²) < 4.78 is 28.3. The number of carboxylic acid groups (broad SMARTS) is 3. The maximum Gasteiger partial charge on any atom is 0.371 e. The lowest BCUT2D eigenvalue weighted by Crippen LogP contribution is -2.33. The number of carbonyl (C=O) groups is 3. The summed E-state index contributed by atoms with van der Waals surface area (Å²) in [6, 6.07) is 2.08. The van der Waals surface area contributed by atoms with Gasteiger partial charge in [-0.2, -0.15) is 0 Å². The van der Waals surface area contributed by atoms with Gasteiger partial charge in [-0.3, -0.25) is 9.59 Å². The van der Waals surface area contributed by atoms with Gasteiger partial charge < -0.3 is 19.7 Å². The number of hydrogen-bond donors (Lipinski definition) is 3. The van der Waals surface area contributed by atoms with Gasteiger partial charge in [-0.05, 0) is 12.1 Å². The van der Waals surface area contributed by atoms with Gasteiger partial charge in [-0.1, -0.05) is 0 Å². The lowest BCUT2D eigenvalue weighted by Gasteiger charge is -2.10. The van der Waals surface area contributed by atoms with Gasteiger partial charge in [-0.15, -0.1) is 0 Å². The van der Waals surface area contributed by atoms with Crippen LogP contribution in [0.3, 0.4) is 0 Å². The molecule has 0 aliphatic heterocycles. The SMILES string of the molecule is O=C(O)C[C@H](C(=O)O)S(=O)(=O)Cc1ccc(C(=O)O)o1. The van der Waals surface area contributed by atoms with E-state index in [-0.39, 0.29) is 5.76 Å². The van der Waals surface area contributed by atoms with Crippen LogP contribution in [0, 0.1) is 0 Å². The molecule has 110 valence electrons. The molecule has 0 aliphatic rings. The Morgan fingerprint density at radius 3 is 2.15 bits per heavy atom. The Hall–Kier alpha value is -2.36. The predicted octanol–water partition coefficient (Wildman–Crippen LogP) is -0.179. The van der Waals surface area contributed by atoms with Gasteiger partial charge in [0.1, 0.15) is 11.5 Å². The fourth-order valence-electron chi connectivity index (χ4n) is 1.40. The van der Waals surface area contributed by atoms with Crippen molar-refractivity contribution in [2.45, 2.75) is 17.4 Å². The Labute approximate surface area is 112 Å². The first-order valence-electron chi connectivity index (χ1n) is 5.11. The lowest BCUT2D eigenvalue weighted by atomic mass is 10.3. The van der Waals surface area contributed by atoms with Crippen LogP contribution in [-0.4, -0.2) is 46.9 Å². The third-order valence-electron chi connectivity index (χ3n) is 2.28. The average Bonchev–Trinajstić information content (AvgIpc) is 2.72. The molecule has 0 radical (unpaired) electrons. The maximum atomic E-state index is 11.8. The topological polar surface area (TPSA) is 159 Å². The highest BCUT2D eigenvalue weighted by Gasteiger charge is 2.35. The number of aromatic carboxylic acids is 1. The van der Waals surface area contributed by atoms with Crippen LogP contribution in [0.25, 0.3) is 0 Å². The fraction of sp³-hybridized carbons (Fsp3) is 0.300. The van der Waals surface area contributed by atoms with E-state index in [9.17, 15) is 22.8 Å². The van der Waals surface area contributed by atoms with Crippen LogP contribution < -0.4 is 0 Å². The molecule has 0 fully saturated rings. The molecule has 0 saturated carbocycles. The smallest absolute Gasteiger partial charge is 0.371 e. The van der Waals surface area contributed by atoms with Gasteiger partial charge in [0.25, 0.3) is 0 Å². The zero-order valence-corrected chi connectivity index (χ0v) is 10.7. The van der Waals surface area contributed by atoms with Gasteiger partial charge in [0.2, 0.25) is 5.76 Å². The van der Waals surface area contributed by atoms with Crippen molar-refractivity contribution in [1.82, 2.24) is 0 Å². The first-order valence-corrected chi connectivity index (χ1v) is 6.83. The van der Waals surface area contributed by atoms with Crippen LogP contribution in [0.15, 0.2) is 16.5 Å². The standard InChI is InChI=1S/C10H10O9S/c11-8(12)3-7(10(15)16)20(17,18)4-5-1-2-6(19-5)9(13)14/h1-2,7H,3-4H2,(H,11,12)(H,13,14)(H,15,16)/t7-/m1/s1. The molecular weight excluding hydrogens is 296 g/mol. The molecule has 0 bridgehead atoms. The molecule has 1 aromatic rings. The summed E-state index contributed by atoms with van der Waals surface area (Å²) in [4.78, 5) is 31.8. The van der Waals surface area contributed by atoms with E-state index in [0.29, 0.717) is 0 Å². The molecule has 0 saturated heterocycles. The minimum absolute atomic E-state index is 0.279. The number of hydrogen-bond acceptors (Lipinski definition) is 6. The second kappa shape index (κ2) is 5.74. The lowest BCUT2D eigenvalue weighted by molar-refractivity contribution is -0.143. The molecule has 1 atom stereocenters. The zero-order chi connectivity index (χ0) is 15.5. The van der Waals surface area contributed by atoms with Gasteiger partial charge in [-0.25, -0.2) is 13.2 Å². The number of sulfone groups is 1. The molecule has 20 heavy (non-hydrogen) atoms. The van der Waals surface area contributed by atoms with Crippen LogP contribution >= 0.6 is 0 Å². The highest BCUT2D eigenvalue weighted by Crippen LogP contribution is 2.17. The quantitative estimate of drug-likeness (QED) is 0.620. The molecule has 0 spiro atoms. The van der Waals surface area contributed by atoms with Crippen LogP contribution in [0.1, 0.15) is 22.7 Å². The first kappa shape index (κ1) is 15.7. The molecule has 10 heteroatoms. The summed E-state index contributed by atoms with van der Waals surface area (Å²) in [5.41, 5.74) is 0. The molecular formula is C10H10O9S. The second-order valence-corrected chi connectivity index (χ2v) is 5.99. The first-order chi connectivity index (χ1) is 9.13. The van der Waals surface area contributed by atoms with Crippen molar-refractivity contribution in [3.05, 3.63) is 23.7 Å². The molecule has 1 heterocycles. The molecule has 1 rings (SSSR count). The third-order valence-corrected chi connectivity index (χ3v) is 4.21. The molecule has 9 nitrogen and oxygen atoms in total. The minimum atomic E-state index is -4.35. The monoisotopic (exact) mass is 306 g/mol. The molecule has 1 aromatic heterocycles. The molecule has 0 aromatic carbocycles. The van der Waals surface area contributed by atoms with Crippen molar-refractivity contribution in [2.24, 2.45) is 0 Å². The summed E-state index contributed by atoms with van der Waals surface area (Å²) >= 11 is 0. The molecule has 0 unspecified atom stereocenters. The van der Waals surface area contributed by atoms with E-state index >= 15 is 0 Å². The summed E-state index contributed by atoms with van der Waals surface area (Å²) in [6.45, 7) is 0. The van der Waals surface area contributed by atoms with Crippen molar-refractivity contribution >= 4 is 27.7 Å². The minimum Gasteiger partial charge on any atom is -0.481 e. The van der Waals surface area contributed by atoms with E-state index in [1.54, 1.807) is 0 Å². The molecule has 0 amide bonds. The summed E-state index contributed by atoms with van der Waals surface area (Å²) in [5, 5.41) is 23.7. The number of rotatable bonds is 7. The van der Waals surface area contributed by atoms with Crippen LogP contribution in [0.5, 0.6) is 0 Å². The Balaban J connectivity index is 2.99. The number of carboxylic acids is 3. The largest absolute Gasteiger partial charge is 0.481 e. The highest BCUT2D eigenvalue weighted by molar-refractivity contribution is 7.92. The van der Waals surface area contributed by atoms with Gasteiger partial charge >= 0.3 is 17.9 Å². The van der Waals surface area contributed by atoms with E-state index in [1.165, 1.54) is 0 Å². The van der Waals surface area contributed by atoms with E-state index in [2.05, 4.69) is 0 Å².